The molecule has 2 atom stereocenters. The molecule has 12 heteroatoms. The second-order valence-electron chi connectivity index (χ2n) is 8.30. The molecule has 0 fully saturated rings. The quantitative estimate of drug-likeness (QED) is 0.415. The minimum atomic E-state index is -3.96. The maximum absolute atomic E-state index is 13.7. The maximum Gasteiger partial charge on any atom is 0.244 e. The van der Waals surface area contributed by atoms with Crippen molar-refractivity contribution in [3.63, 3.8) is 0 Å². The Morgan fingerprint density at radius 3 is 2.22 bits per heavy atom. The Balaban J connectivity index is 2.52. The summed E-state index contributed by atoms with van der Waals surface area (Å²) in [5.41, 5.74) is 0.525. The molecule has 2 amide bonds. The topological polar surface area (TPSA) is 96.0 Å². The van der Waals surface area contributed by atoms with Gasteiger partial charge in [-0.3, -0.25) is 13.9 Å². The fourth-order valence-electron chi connectivity index (χ4n) is 3.35. The van der Waals surface area contributed by atoms with Crippen molar-refractivity contribution in [2.24, 2.45) is 0 Å². The SMILES string of the molecule is CC[C@@H](C)NC(=O)[C@@H](C)N(Cc1c(Cl)cccc1Cl)C(=O)CN(c1cc(Cl)ccc1OC)S(C)(=O)=O. The first-order valence-electron chi connectivity index (χ1n) is 11.1. The smallest absolute Gasteiger partial charge is 0.244 e. The molecular formula is C24H30Cl3N3O5S. The Morgan fingerprint density at radius 1 is 1.08 bits per heavy atom. The Morgan fingerprint density at radius 2 is 1.69 bits per heavy atom. The van der Waals surface area contributed by atoms with Gasteiger partial charge in [0.05, 0.1) is 19.1 Å². The zero-order valence-electron chi connectivity index (χ0n) is 20.7. The van der Waals surface area contributed by atoms with Crippen molar-refractivity contribution in [2.75, 3.05) is 24.2 Å². The van der Waals surface area contributed by atoms with Crippen LogP contribution in [-0.4, -0.2) is 57.1 Å². The third-order valence-electron chi connectivity index (χ3n) is 5.65. The van der Waals surface area contributed by atoms with Crippen LogP contribution in [0.2, 0.25) is 15.1 Å². The highest BCUT2D eigenvalue weighted by Crippen LogP contribution is 2.33. The normalized spacial score (nSPS) is 13.0. The van der Waals surface area contributed by atoms with Gasteiger partial charge in [0.15, 0.2) is 0 Å². The standard InChI is InChI=1S/C24H30Cl3N3O5S/c1-6-15(2)28-24(32)16(3)29(13-18-19(26)8-7-9-20(18)27)23(31)14-30(36(5,33)34)21-12-17(25)10-11-22(21)35-4/h7-12,15-16H,6,13-14H2,1-5H3,(H,28,32)/t15-,16-/m1/s1. The summed E-state index contributed by atoms with van der Waals surface area (Å²) in [6, 6.07) is 8.26. The molecule has 0 radical (unpaired) electrons. The molecule has 2 aromatic carbocycles. The van der Waals surface area contributed by atoms with E-state index in [2.05, 4.69) is 5.32 Å². The molecule has 198 valence electrons. The summed E-state index contributed by atoms with van der Waals surface area (Å²) in [5, 5.41) is 3.73. The highest BCUT2D eigenvalue weighted by molar-refractivity contribution is 7.92. The highest BCUT2D eigenvalue weighted by Gasteiger charge is 2.32. The predicted octanol–water partition coefficient (Wildman–Crippen LogP) is 4.75. The van der Waals surface area contributed by atoms with E-state index in [9.17, 15) is 18.0 Å². The van der Waals surface area contributed by atoms with Gasteiger partial charge in [-0.05, 0) is 50.6 Å². The number of methoxy groups -OCH3 is 1. The van der Waals surface area contributed by atoms with E-state index in [1.807, 2.05) is 13.8 Å². The van der Waals surface area contributed by atoms with Crippen LogP contribution in [0.5, 0.6) is 5.75 Å². The predicted molar refractivity (Wildman–Crippen MR) is 145 cm³/mol. The number of carbonyl (C=O) groups excluding carboxylic acids is 2. The van der Waals surface area contributed by atoms with Gasteiger partial charge in [-0.1, -0.05) is 47.8 Å². The molecule has 2 rings (SSSR count). The Bertz CT molecular complexity index is 1190. The van der Waals surface area contributed by atoms with Gasteiger partial charge in [0, 0.05) is 33.2 Å². The Labute approximate surface area is 227 Å². The summed E-state index contributed by atoms with van der Waals surface area (Å²) in [6.45, 7) is 4.60. The fourth-order valence-corrected chi connectivity index (χ4v) is 4.88. The minimum absolute atomic E-state index is 0.0910. The van der Waals surface area contributed by atoms with Crippen molar-refractivity contribution in [1.29, 1.82) is 0 Å². The summed E-state index contributed by atoms with van der Waals surface area (Å²) in [4.78, 5) is 27.9. The van der Waals surface area contributed by atoms with E-state index in [1.54, 1.807) is 31.2 Å². The molecule has 36 heavy (non-hydrogen) atoms. The van der Waals surface area contributed by atoms with Crippen LogP contribution in [0.3, 0.4) is 0 Å². The number of rotatable bonds is 11. The lowest BCUT2D eigenvalue weighted by molar-refractivity contribution is -0.139. The molecule has 0 unspecified atom stereocenters. The zero-order chi connectivity index (χ0) is 27.2. The number of nitrogens with zero attached hydrogens (tertiary/aromatic N) is 2. The second-order valence-corrected chi connectivity index (χ2v) is 11.5. The number of hydrogen-bond acceptors (Lipinski definition) is 5. The van der Waals surface area contributed by atoms with Crippen LogP contribution in [0.1, 0.15) is 32.8 Å². The molecule has 0 aliphatic carbocycles. The number of sulfonamides is 1. The second kappa shape index (κ2) is 12.9. The van der Waals surface area contributed by atoms with Crippen LogP contribution in [0.4, 0.5) is 5.69 Å². The van der Waals surface area contributed by atoms with Gasteiger partial charge in [-0.25, -0.2) is 8.42 Å². The van der Waals surface area contributed by atoms with Gasteiger partial charge in [0.1, 0.15) is 18.3 Å². The van der Waals surface area contributed by atoms with Gasteiger partial charge in [0.25, 0.3) is 0 Å². The molecule has 8 nitrogen and oxygen atoms in total. The molecule has 0 heterocycles. The van der Waals surface area contributed by atoms with E-state index in [0.29, 0.717) is 22.0 Å². The van der Waals surface area contributed by atoms with Crippen molar-refractivity contribution in [2.45, 2.75) is 45.8 Å². The van der Waals surface area contributed by atoms with E-state index < -0.39 is 34.4 Å². The molecule has 0 saturated carbocycles. The average Bonchev–Trinajstić information content (AvgIpc) is 2.80. The van der Waals surface area contributed by atoms with Crippen molar-refractivity contribution in [1.82, 2.24) is 10.2 Å². The molecule has 0 aliphatic heterocycles. The van der Waals surface area contributed by atoms with E-state index in [0.717, 1.165) is 10.6 Å². The summed E-state index contributed by atoms with van der Waals surface area (Å²) in [5.74, 6) is -0.835. The molecule has 0 saturated heterocycles. The van der Waals surface area contributed by atoms with Gasteiger partial charge < -0.3 is 15.0 Å². The molecule has 2 aromatic rings. The van der Waals surface area contributed by atoms with Crippen LogP contribution in [-0.2, 0) is 26.2 Å². The summed E-state index contributed by atoms with van der Waals surface area (Å²) in [6.07, 6.45) is 1.66. The van der Waals surface area contributed by atoms with Crippen molar-refractivity contribution < 1.29 is 22.7 Å². The number of carbonyl (C=O) groups is 2. The van der Waals surface area contributed by atoms with Gasteiger partial charge >= 0.3 is 0 Å². The lowest BCUT2D eigenvalue weighted by Gasteiger charge is -2.32. The van der Waals surface area contributed by atoms with Gasteiger partial charge in [-0.15, -0.1) is 0 Å². The first kappa shape index (κ1) is 30.0. The number of anilines is 1. The lowest BCUT2D eigenvalue weighted by atomic mass is 10.1. The third-order valence-corrected chi connectivity index (χ3v) is 7.72. The van der Waals surface area contributed by atoms with Crippen molar-refractivity contribution in [3.8, 4) is 5.75 Å². The van der Waals surface area contributed by atoms with Crippen LogP contribution in [0.15, 0.2) is 36.4 Å². The average molecular weight is 579 g/mol. The first-order chi connectivity index (χ1) is 16.8. The minimum Gasteiger partial charge on any atom is -0.495 e. The summed E-state index contributed by atoms with van der Waals surface area (Å²) >= 11 is 18.8. The number of amides is 2. The molecule has 0 aliphatic rings. The monoisotopic (exact) mass is 577 g/mol. The van der Waals surface area contributed by atoms with Crippen LogP contribution in [0.25, 0.3) is 0 Å². The number of hydrogen-bond donors (Lipinski definition) is 1. The molecule has 0 spiro atoms. The molecular weight excluding hydrogens is 549 g/mol. The van der Waals surface area contributed by atoms with E-state index in [4.69, 9.17) is 39.5 Å². The highest BCUT2D eigenvalue weighted by atomic mass is 35.5. The summed E-state index contributed by atoms with van der Waals surface area (Å²) < 4.78 is 31.7. The third kappa shape index (κ3) is 7.65. The van der Waals surface area contributed by atoms with Crippen LogP contribution < -0.4 is 14.4 Å². The van der Waals surface area contributed by atoms with Crippen molar-refractivity contribution in [3.05, 3.63) is 57.0 Å². The number of ether oxygens (including phenoxy) is 1. The van der Waals surface area contributed by atoms with Gasteiger partial charge in [0.2, 0.25) is 21.8 Å². The van der Waals surface area contributed by atoms with Crippen molar-refractivity contribution >= 4 is 62.3 Å². The lowest BCUT2D eigenvalue weighted by Crippen LogP contribution is -2.52. The number of benzene rings is 2. The largest absolute Gasteiger partial charge is 0.495 e. The van der Waals surface area contributed by atoms with E-state index in [-0.39, 0.29) is 29.0 Å². The molecule has 0 aromatic heterocycles. The van der Waals surface area contributed by atoms with Crippen LogP contribution >= 0.6 is 34.8 Å². The molecule has 1 N–H and O–H groups in total. The zero-order valence-corrected chi connectivity index (χ0v) is 23.8. The maximum atomic E-state index is 13.7. The molecule has 0 bridgehead atoms. The first-order valence-corrected chi connectivity index (χ1v) is 14.1. The van der Waals surface area contributed by atoms with E-state index >= 15 is 0 Å². The van der Waals surface area contributed by atoms with Crippen LogP contribution in [0, 0.1) is 0 Å². The summed E-state index contributed by atoms with van der Waals surface area (Å²) in [7, 11) is -2.58. The number of nitrogens with one attached hydrogen (secondary N) is 1. The Hall–Kier alpha value is -2.20. The fraction of sp³-hybridized carbons (Fsp3) is 0.417. The van der Waals surface area contributed by atoms with Gasteiger partial charge in [-0.2, -0.15) is 0 Å². The van der Waals surface area contributed by atoms with E-state index in [1.165, 1.54) is 24.1 Å². The Kier molecular flexibility index (Phi) is 10.7. The number of halogens is 3.